The number of esters is 1. The first kappa shape index (κ1) is 11.2. The molecule has 0 unspecified atom stereocenters. The molecule has 0 aromatic rings. The molecule has 0 fully saturated rings. The van der Waals surface area contributed by atoms with Gasteiger partial charge in [0.05, 0.1) is 13.2 Å². The second-order valence-corrected chi connectivity index (χ2v) is 4.49. The van der Waals surface area contributed by atoms with Crippen molar-refractivity contribution in [1.82, 2.24) is 0 Å². The molecule has 1 N–H and O–H groups in total. The average molecular weight is 198 g/mol. The van der Waals surface area contributed by atoms with Crippen molar-refractivity contribution in [3.63, 3.8) is 0 Å². The fourth-order valence-corrected chi connectivity index (χ4v) is 2.08. The van der Waals surface area contributed by atoms with Gasteiger partial charge in [0.2, 0.25) is 0 Å². The highest BCUT2D eigenvalue weighted by molar-refractivity contribution is 5.91. The zero-order valence-electron chi connectivity index (χ0n) is 9.26. The third-order valence-corrected chi connectivity index (χ3v) is 3.00. The minimum Gasteiger partial charge on any atom is -0.466 e. The molecule has 3 nitrogen and oxygen atoms in total. The lowest BCUT2D eigenvalue weighted by Gasteiger charge is -2.34. The largest absolute Gasteiger partial charge is 0.466 e. The van der Waals surface area contributed by atoms with Crippen molar-refractivity contribution in [3.8, 4) is 0 Å². The number of carbonyl (C=O) groups is 1. The van der Waals surface area contributed by atoms with Gasteiger partial charge in [-0.2, -0.15) is 0 Å². The molecule has 0 heterocycles. The Morgan fingerprint density at radius 2 is 2.14 bits per heavy atom. The first-order chi connectivity index (χ1) is 6.40. The number of aliphatic hydroxyl groups is 1. The highest BCUT2D eigenvalue weighted by Crippen LogP contribution is 2.40. The van der Waals surface area contributed by atoms with Crippen molar-refractivity contribution in [2.24, 2.45) is 5.41 Å². The van der Waals surface area contributed by atoms with Crippen LogP contribution in [-0.4, -0.2) is 24.3 Å². The molecule has 1 atom stereocenters. The number of rotatable bonds is 1. The Morgan fingerprint density at radius 1 is 1.57 bits per heavy atom. The molecule has 3 heteroatoms. The number of hydrogen-bond donors (Lipinski definition) is 1. The first-order valence-corrected chi connectivity index (χ1v) is 4.88. The Kier molecular flexibility index (Phi) is 3.00. The van der Waals surface area contributed by atoms with E-state index in [1.165, 1.54) is 7.11 Å². The second-order valence-electron chi connectivity index (χ2n) is 4.49. The second kappa shape index (κ2) is 3.73. The SMILES string of the molecule is COC(=O)C1=C(C)[C@H](O)CCC1(C)C. The van der Waals surface area contributed by atoms with E-state index in [1.54, 1.807) is 6.92 Å². The third-order valence-electron chi connectivity index (χ3n) is 3.00. The van der Waals surface area contributed by atoms with Crippen molar-refractivity contribution in [3.05, 3.63) is 11.1 Å². The van der Waals surface area contributed by atoms with Crippen LogP contribution in [0.15, 0.2) is 11.1 Å². The van der Waals surface area contributed by atoms with Crippen LogP contribution in [0, 0.1) is 5.41 Å². The smallest absolute Gasteiger partial charge is 0.334 e. The van der Waals surface area contributed by atoms with Crippen LogP contribution in [-0.2, 0) is 9.53 Å². The molecule has 1 rings (SSSR count). The summed E-state index contributed by atoms with van der Waals surface area (Å²) in [5, 5.41) is 9.66. The summed E-state index contributed by atoms with van der Waals surface area (Å²) in [6.45, 7) is 5.82. The topological polar surface area (TPSA) is 46.5 Å². The standard InChI is InChI=1S/C11H18O3/c1-7-8(12)5-6-11(2,3)9(7)10(13)14-4/h8,12H,5-6H2,1-4H3/t8-/m1/s1. The predicted octanol–water partition coefficient (Wildman–Crippen LogP) is 1.66. The van der Waals surface area contributed by atoms with Crippen molar-refractivity contribution < 1.29 is 14.6 Å². The van der Waals surface area contributed by atoms with E-state index in [0.29, 0.717) is 5.57 Å². The zero-order chi connectivity index (χ0) is 10.9. The van der Waals surface area contributed by atoms with Crippen LogP contribution in [0.3, 0.4) is 0 Å². The van der Waals surface area contributed by atoms with Crippen LogP contribution in [0.4, 0.5) is 0 Å². The van der Waals surface area contributed by atoms with Gasteiger partial charge in [-0.05, 0) is 30.8 Å². The van der Waals surface area contributed by atoms with E-state index in [2.05, 4.69) is 0 Å². The van der Waals surface area contributed by atoms with Crippen LogP contribution >= 0.6 is 0 Å². The number of carbonyl (C=O) groups excluding carboxylic acids is 1. The molecule has 80 valence electrons. The molecule has 0 aromatic carbocycles. The number of methoxy groups -OCH3 is 1. The lowest BCUT2D eigenvalue weighted by molar-refractivity contribution is -0.137. The molecule has 0 aromatic heterocycles. The van der Waals surface area contributed by atoms with Crippen LogP contribution in [0.1, 0.15) is 33.6 Å². The Balaban J connectivity index is 3.15. The van der Waals surface area contributed by atoms with Crippen molar-refractivity contribution >= 4 is 5.97 Å². The maximum atomic E-state index is 11.5. The summed E-state index contributed by atoms with van der Waals surface area (Å²) in [6.07, 6.45) is 1.05. The molecule has 0 saturated carbocycles. The Labute approximate surface area is 84.8 Å². The summed E-state index contributed by atoms with van der Waals surface area (Å²) in [5.41, 5.74) is 1.21. The molecule has 0 aliphatic heterocycles. The molecule has 0 saturated heterocycles. The Morgan fingerprint density at radius 3 is 2.64 bits per heavy atom. The molecule has 1 aliphatic carbocycles. The van der Waals surface area contributed by atoms with E-state index in [0.717, 1.165) is 18.4 Å². The molecular weight excluding hydrogens is 180 g/mol. The maximum Gasteiger partial charge on any atom is 0.334 e. The maximum absolute atomic E-state index is 11.5. The normalized spacial score (nSPS) is 26.2. The van der Waals surface area contributed by atoms with Gasteiger partial charge >= 0.3 is 5.97 Å². The summed E-state index contributed by atoms with van der Waals surface area (Å²) in [7, 11) is 1.37. The summed E-state index contributed by atoms with van der Waals surface area (Å²) in [6, 6.07) is 0. The van der Waals surface area contributed by atoms with Crippen LogP contribution in [0.2, 0.25) is 0 Å². The molecule has 0 radical (unpaired) electrons. The van der Waals surface area contributed by atoms with Gasteiger partial charge in [-0.15, -0.1) is 0 Å². The summed E-state index contributed by atoms with van der Waals surface area (Å²) < 4.78 is 4.74. The summed E-state index contributed by atoms with van der Waals surface area (Å²) >= 11 is 0. The fraction of sp³-hybridized carbons (Fsp3) is 0.727. The number of aliphatic hydroxyl groups excluding tert-OH is 1. The van der Waals surface area contributed by atoms with E-state index in [9.17, 15) is 9.90 Å². The van der Waals surface area contributed by atoms with Gasteiger partial charge in [-0.3, -0.25) is 0 Å². The minimum absolute atomic E-state index is 0.184. The Hall–Kier alpha value is -0.830. The van der Waals surface area contributed by atoms with Gasteiger partial charge in [-0.1, -0.05) is 13.8 Å². The molecule has 0 bridgehead atoms. The van der Waals surface area contributed by atoms with Crippen molar-refractivity contribution in [1.29, 1.82) is 0 Å². The number of hydrogen-bond acceptors (Lipinski definition) is 3. The molecule has 1 aliphatic rings. The first-order valence-electron chi connectivity index (χ1n) is 4.88. The van der Waals surface area contributed by atoms with Gasteiger partial charge in [0.1, 0.15) is 0 Å². The Bertz CT molecular complexity index is 276. The van der Waals surface area contributed by atoms with Crippen LogP contribution in [0.25, 0.3) is 0 Å². The van der Waals surface area contributed by atoms with E-state index in [4.69, 9.17) is 4.74 Å². The molecule has 14 heavy (non-hydrogen) atoms. The minimum atomic E-state index is -0.489. The fourth-order valence-electron chi connectivity index (χ4n) is 2.08. The van der Waals surface area contributed by atoms with E-state index in [1.807, 2.05) is 13.8 Å². The number of ether oxygens (including phenoxy) is 1. The molecule has 0 amide bonds. The van der Waals surface area contributed by atoms with Crippen LogP contribution in [0.5, 0.6) is 0 Å². The van der Waals surface area contributed by atoms with Gasteiger partial charge in [0, 0.05) is 5.57 Å². The lowest BCUT2D eigenvalue weighted by Crippen LogP contribution is -2.32. The highest BCUT2D eigenvalue weighted by Gasteiger charge is 2.36. The zero-order valence-corrected chi connectivity index (χ0v) is 9.26. The molecule has 0 spiro atoms. The third kappa shape index (κ3) is 1.82. The van der Waals surface area contributed by atoms with Crippen LogP contribution < -0.4 is 0 Å². The van der Waals surface area contributed by atoms with E-state index < -0.39 is 6.10 Å². The summed E-state index contributed by atoms with van der Waals surface area (Å²) in [5.74, 6) is -0.314. The van der Waals surface area contributed by atoms with Crippen molar-refractivity contribution in [2.75, 3.05) is 7.11 Å². The lowest BCUT2D eigenvalue weighted by atomic mass is 9.72. The quantitative estimate of drug-likeness (QED) is 0.652. The van der Waals surface area contributed by atoms with Gasteiger partial charge in [0.25, 0.3) is 0 Å². The average Bonchev–Trinajstić information content (AvgIpc) is 2.11. The molecular formula is C11H18O3. The van der Waals surface area contributed by atoms with E-state index in [-0.39, 0.29) is 11.4 Å². The van der Waals surface area contributed by atoms with Gasteiger partial charge < -0.3 is 9.84 Å². The van der Waals surface area contributed by atoms with E-state index >= 15 is 0 Å². The van der Waals surface area contributed by atoms with Gasteiger partial charge in [0.15, 0.2) is 0 Å². The predicted molar refractivity (Wildman–Crippen MR) is 53.7 cm³/mol. The summed E-state index contributed by atoms with van der Waals surface area (Å²) in [4.78, 5) is 11.5. The monoisotopic (exact) mass is 198 g/mol. The highest BCUT2D eigenvalue weighted by atomic mass is 16.5. The van der Waals surface area contributed by atoms with Crippen molar-refractivity contribution in [2.45, 2.75) is 39.7 Å². The van der Waals surface area contributed by atoms with Gasteiger partial charge in [-0.25, -0.2) is 4.79 Å².